The minimum atomic E-state index is -4.71. The van der Waals surface area contributed by atoms with Crippen molar-refractivity contribution < 1.29 is 40.6 Å². The van der Waals surface area contributed by atoms with Gasteiger partial charge < -0.3 is 19.1 Å². The number of alkyl halides is 3. The molecule has 45 heavy (non-hydrogen) atoms. The highest BCUT2D eigenvalue weighted by Gasteiger charge is 2.39. The molecule has 1 fully saturated rings. The number of methoxy groups -OCH3 is 2. The predicted octanol–water partition coefficient (Wildman–Crippen LogP) is 6.38. The molecule has 6 rings (SSSR count). The van der Waals surface area contributed by atoms with Crippen LogP contribution in [0.2, 0.25) is 0 Å². The Morgan fingerprint density at radius 2 is 1.73 bits per heavy atom. The lowest BCUT2D eigenvalue weighted by Gasteiger charge is -2.43. The molecule has 0 spiro atoms. The fourth-order valence-electron chi connectivity index (χ4n) is 5.90. The van der Waals surface area contributed by atoms with Gasteiger partial charge in [0.25, 0.3) is 10.0 Å². The standard InChI is InChI=1S/C33H31F3N2O6S/c1-42-30-14-10-21-6-3-4-9-27(21)32(30)37-18-23(19-37)22-11-13-29-28(16-22)38(20-25(44-29)12-15-31(39)43-2)45(40,41)26-8-5-7-24(17-26)33(34,35)36/h3-11,13-14,16-17,23,25H,12,15,18-20H2,1-2H3/t25-/m0/s1. The summed E-state index contributed by atoms with van der Waals surface area (Å²) in [4.78, 5) is 13.5. The van der Waals surface area contributed by atoms with Gasteiger partial charge in [0.15, 0.2) is 0 Å². The molecule has 0 unspecified atom stereocenters. The molecule has 4 aromatic carbocycles. The molecule has 0 amide bonds. The van der Waals surface area contributed by atoms with Crippen molar-refractivity contribution in [1.29, 1.82) is 0 Å². The second-order valence-electron chi connectivity index (χ2n) is 11.1. The summed E-state index contributed by atoms with van der Waals surface area (Å²) in [5.41, 5.74) is 1.02. The number of esters is 1. The number of benzene rings is 4. The molecule has 0 saturated carbocycles. The Kier molecular flexibility index (Phi) is 8.02. The van der Waals surface area contributed by atoms with E-state index in [4.69, 9.17) is 14.2 Å². The second-order valence-corrected chi connectivity index (χ2v) is 12.9. The quantitative estimate of drug-likeness (QED) is 0.207. The maximum atomic E-state index is 14.0. The highest BCUT2D eigenvalue weighted by Crippen LogP contribution is 2.45. The minimum Gasteiger partial charge on any atom is -0.495 e. The number of hydrogen-bond donors (Lipinski definition) is 0. The average molecular weight is 641 g/mol. The topological polar surface area (TPSA) is 85.4 Å². The van der Waals surface area contributed by atoms with Gasteiger partial charge in [-0.1, -0.05) is 42.5 Å². The molecule has 4 aromatic rings. The average Bonchev–Trinajstić information content (AvgIpc) is 3.02. The summed E-state index contributed by atoms with van der Waals surface area (Å²) in [5.74, 6) is 0.586. The van der Waals surface area contributed by atoms with E-state index < -0.39 is 38.7 Å². The Bertz CT molecular complexity index is 1860. The minimum absolute atomic E-state index is 0.0123. The van der Waals surface area contributed by atoms with Crippen LogP contribution < -0.4 is 18.7 Å². The molecular weight excluding hydrogens is 609 g/mol. The molecule has 12 heteroatoms. The van der Waals surface area contributed by atoms with Crippen LogP contribution in [-0.2, 0) is 25.7 Å². The number of ether oxygens (including phenoxy) is 3. The van der Waals surface area contributed by atoms with Gasteiger partial charge in [-0.05, 0) is 53.8 Å². The number of sulfonamides is 1. The molecule has 8 nitrogen and oxygen atoms in total. The zero-order valence-corrected chi connectivity index (χ0v) is 25.4. The third kappa shape index (κ3) is 5.86. The molecule has 2 aliphatic rings. The van der Waals surface area contributed by atoms with Crippen molar-refractivity contribution in [3.63, 3.8) is 0 Å². The monoisotopic (exact) mass is 640 g/mol. The van der Waals surface area contributed by atoms with Crippen molar-refractivity contribution in [2.75, 3.05) is 43.1 Å². The third-order valence-corrected chi connectivity index (χ3v) is 10.1. The van der Waals surface area contributed by atoms with Gasteiger partial charge in [-0.25, -0.2) is 8.42 Å². The van der Waals surface area contributed by atoms with E-state index in [9.17, 15) is 26.4 Å². The summed E-state index contributed by atoms with van der Waals surface area (Å²) in [5, 5.41) is 2.14. The first kappa shape index (κ1) is 30.6. The summed E-state index contributed by atoms with van der Waals surface area (Å²) in [6.45, 7) is 1.11. The van der Waals surface area contributed by atoms with E-state index in [0.29, 0.717) is 19.2 Å². The van der Waals surface area contributed by atoms with Gasteiger partial charge in [0.2, 0.25) is 0 Å². The van der Waals surface area contributed by atoms with Gasteiger partial charge in [-0.15, -0.1) is 0 Å². The summed E-state index contributed by atoms with van der Waals surface area (Å²) in [7, 11) is -1.56. The number of halogens is 3. The summed E-state index contributed by atoms with van der Waals surface area (Å²) < 4.78 is 86.0. The molecule has 0 bridgehead atoms. The van der Waals surface area contributed by atoms with Gasteiger partial charge in [-0.2, -0.15) is 13.2 Å². The van der Waals surface area contributed by atoms with Crippen LogP contribution in [0.15, 0.2) is 83.8 Å². The van der Waals surface area contributed by atoms with Crippen molar-refractivity contribution in [3.05, 3.63) is 90.0 Å². The zero-order valence-electron chi connectivity index (χ0n) is 24.6. The Hall–Kier alpha value is -4.45. The molecular formula is C33H31F3N2O6S. The molecule has 236 valence electrons. The lowest BCUT2D eigenvalue weighted by molar-refractivity contribution is -0.141. The van der Waals surface area contributed by atoms with Crippen LogP contribution in [0.25, 0.3) is 10.8 Å². The normalized spacial score (nSPS) is 17.0. The Morgan fingerprint density at radius 1 is 0.956 bits per heavy atom. The molecule has 1 atom stereocenters. The Labute approximate surface area is 259 Å². The first-order valence-corrected chi connectivity index (χ1v) is 15.8. The Balaban J connectivity index is 1.32. The predicted molar refractivity (Wildman–Crippen MR) is 164 cm³/mol. The van der Waals surface area contributed by atoms with Crippen LogP contribution in [-0.4, -0.2) is 54.3 Å². The number of carbonyl (C=O) groups is 1. The van der Waals surface area contributed by atoms with Crippen LogP contribution in [0.5, 0.6) is 11.5 Å². The van der Waals surface area contributed by atoms with Crippen molar-refractivity contribution in [1.82, 2.24) is 0 Å². The fourth-order valence-corrected chi connectivity index (χ4v) is 7.44. The van der Waals surface area contributed by atoms with Gasteiger partial charge in [-0.3, -0.25) is 9.10 Å². The van der Waals surface area contributed by atoms with E-state index in [1.165, 1.54) is 7.11 Å². The number of fused-ring (bicyclic) bond motifs is 2. The van der Waals surface area contributed by atoms with E-state index in [0.717, 1.165) is 50.3 Å². The number of nitrogens with zero attached hydrogens (tertiary/aromatic N) is 2. The van der Waals surface area contributed by atoms with E-state index in [2.05, 4.69) is 4.90 Å². The molecule has 1 saturated heterocycles. The van der Waals surface area contributed by atoms with Crippen LogP contribution in [0.1, 0.15) is 29.9 Å². The maximum absolute atomic E-state index is 14.0. The van der Waals surface area contributed by atoms with Crippen LogP contribution in [0.3, 0.4) is 0 Å². The first-order valence-electron chi connectivity index (χ1n) is 14.4. The number of hydrogen-bond acceptors (Lipinski definition) is 7. The van der Waals surface area contributed by atoms with Crippen molar-refractivity contribution >= 4 is 38.1 Å². The van der Waals surface area contributed by atoms with E-state index in [1.54, 1.807) is 19.2 Å². The van der Waals surface area contributed by atoms with Crippen molar-refractivity contribution in [2.24, 2.45) is 0 Å². The van der Waals surface area contributed by atoms with Gasteiger partial charge >= 0.3 is 12.1 Å². The maximum Gasteiger partial charge on any atom is 0.416 e. The highest BCUT2D eigenvalue weighted by molar-refractivity contribution is 7.92. The van der Waals surface area contributed by atoms with Gasteiger partial charge in [0.05, 0.1) is 42.6 Å². The van der Waals surface area contributed by atoms with Gasteiger partial charge in [0, 0.05) is 30.8 Å². The van der Waals surface area contributed by atoms with Crippen LogP contribution >= 0.6 is 0 Å². The molecule has 0 radical (unpaired) electrons. The van der Waals surface area contributed by atoms with E-state index >= 15 is 0 Å². The van der Waals surface area contributed by atoms with E-state index in [1.807, 2.05) is 42.5 Å². The zero-order chi connectivity index (χ0) is 31.9. The lowest BCUT2D eigenvalue weighted by Crippen LogP contribution is -2.46. The molecule has 2 aliphatic heterocycles. The molecule has 0 aliphatic carbocycles. The largest absolute Gasteiger partial charge is 0.495 e. The van der Waals surface area contributed by atoms with Crippen LogP contribution in [0.4, 0.5) is 24.5 Å². The molecule has 0 aromatic heterocycles. The number of rotatable bonds is 8. The molecule has 0 N–H and O–H groups in total. The second kappa shape index (κ2) is 11.8. The fraction of sp³-hybridized carbons (Fsp3) is 0.303. The van der Waals surface area contributed by atoms with Crippen molar-refractivity contribution in [3.8, 4) is 11.5 Å². The van der Waals surface area contributed by atoms with Gasteiger partial charge in [0.1, 0.15) is 17.6 Å². The summed E-state index contributed by atoms with van der Waals surface area (Å²) in [6.07, 6.45) is -5.29. The first-order chi connectivity index (χ1) is 21.5. The summed E-state index contributed by atoms with van der Waals surface area (Å²) >= 11 is 0. The van der Waals surface area contributed by atoms with Crippen LogP contribution in [0, 0.1) is 0 Å². The number of carbonyl (C=O) groups excluding carboxylic acids is 1. The van der Waals surface area contributed by atoms with E-state index in [-0.39, 0.29) is 36.7 Å². The molecule has 2 heterocycles. The van der Waals surface area contributed by atoms with Crippen molar-refractivity contribution in [2.45, 2.75) is 35.9 Å². The lowest BCUT2D eigenvalue weighted by atomic mass is 9.89. The smallest absolute Gasteiger partial charge is 0.416 e. The highest BCUT2D eigenvalue weighted by atomic mass is 32.2. The third-order valence-electron chi connectivity index (χ3n) is 8.31. The SMILES string of the molecule is COC(=O)CC[C@H]1CN(S(=O)(=O)c2cccc(C(F)(F)F)c2)c2cc(C3CN(c4c(OC)ccc5ccccc45)C3)ccc2O1. The summed E-state index contributed by atoms with van der Waals surface area (Å²) in [6, 6.07) is 21.0. The Morgan fingerprint density at radius 3 is 2.47 bits per heavy atom. The number of anilines is 2.